The van der Waals surface area contributed by atoms with Gasteiger partial charge >= 0.3 is 0 Å². The minimum absolute atomic E-state index is 0.100. The van der Waals surface area contributed by atoms with Crippen molar-refractivity contribution < 1.29 is 9.90 Å². The normalized spacial score (nSPS) is 21.4. The van der Waals surface area contributed by atoms with Gasteiger partial charge in [0.1, 0.15) is 5.82 Å². The zero-order valence-corrected chi connectivity index (χ0v) is 12.0. The summed E-state index contributed by atoms with van der Waals surface area (Å²) >= 11 is 0. The average molecular weight is 285 g/mol. The van der Waals surface area contributed by atoms with Gasteiger partial charge in [-0.1, -0.05) is 12.1 Å². The summed E-state index contributed by atoms with van der Waals surface area (Å²) in [7, 11) is 1.93. The van der Waals surface area contributed by atoms with Crippen molar-refractivity contribution in [2.24, 2.45) is 13.0 Å². The van der Waals surface area contributed by atoms with Crippen molar-refractivity contribution in [2.45, 2.75) is 25.4 Å². The van der Waals surface area contributed by atoms with E-state index in [9.17, 15) is 9.90 Å². The first-order valence-corrected chi connectivity index (χ1v) is 7.22. The van der Waals surface area contributed by atoms with Crippen LogP contribution in [0.4, 0.5) is 5.69 Å². The molecule has 1 fully saturated rings. The summed E-state index contributed by atoms with van der Waals surface area (Å²) in [4.78, 5) is 16.5. The number of nitrogens with zero attached hydrogens (tertiary/aromatic N) is 2. The van der Waals surface area contributed by atoms with Crippen molar-refractivity contribution in [3.63, 3.8) is 0 Å². The maximum absolute atomic E-state index is 12.2. The Morgan fingerprint density at radius 1 is 1.43 bits per heavy atom. The Bertz CT molecular complexity index is 650. The van der Waals surface area contributed by atoms with E-state index < -0.39 is 6.10 Å². The van der Waals surface area contributed by atoms with Gasteiger partial charge in [-0.2, -0.15) is 0 Å². The van der Waals surface area contributed by atoms with Gasteiger partial charge in [0.25, 0.3) is 0 Å². The molecular weight excluding hydrogens is 266 g/mol. The summed E-state index contributed by atoms with van der Waals surface area (Å²) in [6, 6.07) is 7.61. The van der Waals surface area contributed by atoms with Crippen molar-refractivity contribution in [1.82, 2.24) is 9.55 Å². The number of amides is 1. The molecule has 0 spiro atoms. The Kier molecular flexibility index (Phi) is 3.75. The highest BCUT2D eigenvalue weighted by molar-refractivity contribution is 5.93. The number of carbonyl (C=O) groups is 1. The smallest absolute Gasteiger partial charge is 0.230 e. The summed E-state index contributed by atoms with van der Waals surface area (Å²) in [5.74, 6) is 0.464. The van der Waals surface area contributed by atoms with E-state index in [1.807, 2.05) is 42.1 Å². The van der Waals surface area contributed by atoms with E-state index in [2.05, 4.69) is 10.3 Å². The molecule has 1 aromatic heterocycles. The van der Waals surface area contributed by atoms with Gasteiger partial charge in [0, 0.05) is 30.7 Å². The molecule has 1 aliphatic rings. The maximum Gasteiger partial charge on any atom is 0.230 e. The second-order valence-electron chi connectivity index (χ2n) is 5.54. The molecule has 5 heteroatoms. The first-order valence-electron chi connectivity index (χ1n) is 7.22. The van der Waals surface area contributed by atoms with Crippen LogP contribution in [-0.4, -0.2) is 26.7 Å². The van der Waals surface area contributed by atoms with Crippen LogP contribution < -0.4 is 5.32 Å². The summed E-state index contributed by atoms with van der Waals surface area (Å²) in [5.41, 5.74) is 1.69. The van der Waals surface area contributed by atoms with Crippen LogP contribution in [0.2, 0.25) is 0 Å². The Balaban J connectivity index is 1.77. The number of nitrogens with one attached hydrogen (secondary N) is 1. The molecule has 110 valence electrons. The van der Waals surface area contributed by atoms with Gasteiger partial charge in [-0.25, -0.2) is 4.98 Å². The number of aliphatic hydroxyl groups is 1. The fraction of sp³-hybridized carbons (Fsp3) is 0.375. The molecule has 21 heavy (non-hydrogen) atoms. The van der Waals surface area contributed by atoms with Crippen molar-refractivity contribution in [2.75, 3.05) is 5.32 Å². The van der Waals surface area contributed by atoms with Crippen LogP contribution in [0.25, 0.3) is 11.4 Å². The van der Waals surface area contributed by atoms with Gasteiger partial charge in [-0.15, -0.1) is 0 Å². The first-order chi connectivity index (χ1) is 10.1. The third-order valence-corrected chi connectivity index (χ3v) is 4.03. The van der Waals surface area contributed by atoms with Gasteiger partial charge in [0.2, 0.25) is 5.91 Å². The maximum atomic E-state index is 12.2. The Hall–Kier alpha value is -2.14. The van der Waals surface area contributed by atoms with Crippen LogP contribution in [0.3, 0.4) is 0 Å². The van der Waals surface area contributed by atoms with Crippen molar-refractivity contribution in [1.29, 1.82) is 0 Å². The lowest BCUT2D eigenvalue weighted by atomic mass is 10.0. The number of aryl methyl sites for hydroxylation is 1. The third kappa shape index (κ3) is 2.83. The van der Waals surface area contributed by atoms with Crippen LogP contribution in [0.1, 0.15) is 19.3 Å². The number of aliphatic hydroxyl groups excluding tert-OH is 1. The lowest BCUT2D eigenvalue weighted by Crippen LogP contribution is -2.28. The number of hydrogen-bond donors (Lipinski definition) is 2. The van der Waals surface area contributed by atoms with Crippen molar-refractivity contribution in [3.05, 3.63) is 36.7 Å². The highest BCUT2D eigenvalue weighted by atomic mass is 16.3. The third-order valence-electron chi connectivity index (χ3n) is 4.03. The zero-order chi connectivity index (χ0) is 14.8. The Morgan fingerprint density at radius 3 is 2.95 bits per heavy atom. The van der Waals surface area contributed by atoms with Crippen LogP contribution in [-0.2, 0) is 11.8 Å². The number of rotatable bonds is 3. The number of imidazole rings is 1. The molecule has 3 rings (SSSR count). The van der Waals surface area contributed by atoms with E-state index in [1.165, 1.54) is 0 Å². The van der Waals surface area contributed by atoms with Gasteiger partial charge < -0.3 is 15.0 Å². The first kappa shape index (κ1) is 13.8. The molecule has 1 aromatic carbocycles. The van der Waals surface area contributed by atoms with Crippen molar-refractivity contribution in [3.8, 4) is 11.4 Å². The molecule has 0 bridgehead atoms. The monoisotopic (exact) mass is 285 g/mol. The molecule has 1 heterocycles. The summed E-state index contributed by atoms with van der Waals surface area (Å²) in [6.07, 6.45) is 5.50. The fourth-order valence-electron chi connectivity index (χ4n) is 2.86. The molecule has 2 unspecified atom stereocenters. The number of carbonyl (C=O) groups excluding carboxylic acids is 1. The highest BCUT2D eigenvalue weighted by Crippen LogP contribution is 2.27. The number of benzene rings is 1. The summed E-state index contributed by atoms with van der Waals surface area (Å²) in [5, 5.41) is 12.7. The van der Waals surface area contributed by atoms with Crippen LogP contribution >= 0.6 is 0 Å². The van der Waals surface area contributed by atoms with Crippen LogP contribution in [0, 0.1) is 5.92 Å². The van der Waals surface area contributed by atoms with Crippen molar-refractivity contribution >= 4 is 11.6 Å². The minimum Gasteiger partial charge on any atom is -0.392 e. The van der Waals surface area contributed by atoms with Gasteiger partial charge in [-0.3, -0.25) is 4.79 Å². The zero-order valence-electron chi connectivity index (χ0n) is 12.0. The van der Waals surface area contributed by atoms with E-state index in [0.29, 0.717) is 6.42 Å². The SMILES string of the molecule is Cn1ccnc1-c1cccc(NC(=O)C2CCCC2O)c1. The number of anilines is 1. The molecule has 1 saturated carbocycles. The molecular formula is C16H19N3O2. The Morgan fingerprint density at radius 2 is 2.29 bits per heavy atom. The van der Waals surface area contributed by atoms with Gasteiger partial charge in [0.05, 0.1) is 12.0 Å². The van der Waals surface area contributed by atoms with Gasteiger partial charge in [-0.05, 0) is 31.4 Å². The largest absolute Gasteiger partial charge is 0.392 e. The second kappa shape index (κ2) is 5.69. The van der Waals surface area contributed by atoms with E-state index in [1.54, 1.807) is 6.20 Å². The van der Waals surface area contributed by atoms with E-state index in [0.717, 1.165) is 29.9 Å². The van der Waals surface area contributed by atoms with E-state index >= 15 is 0 Å². The standard InChI is InChI=1S/C16H19N3O2/c1-19-9-8-17-15(19)11-4-2-5-12(10-11)18-16(21)13-6-3-7-14(13)20/h2,4-5,8-10,13-14,20H,3,6-7H2,1H3,(H,18,21). The lowest BCUT2D eigenvalue weighted by Gasteiger charge is -2.14. The number of hydrogen-bond acceptors (Lipinski definition) is 3. The molecule has 2 aromatic rings. The van der Waals surface area contributed by atoms with Gasteiger partial charge in [0.15, 0.2) is 0 Å². The van der Waals surface area contributed by atoms with Crippen LogP contribution in [0.5, 0.6) is 0 Å². The van der Waals surface area contributed by atoms with E-state index in [-0.39, 0.29) is 11.8 Å². The summed E-state index contributed by atoms with van der Waals surface area (Å²) in [6.45, 7) is 0. The average Bonchev–Trinajstić information content (AvgIpc) is 3.07. The molecule has 1 amide bonds. The quantitative estimate of drug-likeness (QED) is 0.908. The molecule has 0 radical (unpaired) electrons. The molecule has 0 aliphatic heterocycles. The highest BCUT2D eigenvalue weighted by Gasteiger charge is 2.31. The number of aromatic nitrogens is 2. The lowest BCUT2D eigenvalue weighted by molar-refractivity contribution is -0.122. The molecule has 2 N–H and O–H groups in total. The molecule has 0 saturated heterocycles. The predicted octanol–water partition coefficient (Wildman–Crippen LogP) is 2.19. The Labute approximate surface area is 123 Å². The second-order valence-corrected chi connectivity index (χ2v) is 5.54. The molecule has 1 aliphatic carbocycles. The predicted molar refractivity (Wildman–Crippen MR) is 80.6 cm³/mol. The molecule has 2 atom stereocenters. The fourth-order valence-corrected chi connectivity index (χ4v) is 2.86. The topological polar surface area (TPSA) is 67.2 Å². The van der Waals surface area contributed by atoms with E-state index in [4.69, 9.17) is 0 Å². The van der Waals surface area contributed by atoms with Crippen LogP contribution in [0.15, 0.2) is 36.7 Å². The summed E-state index contributed by atoms with van der Waals surface area (Å²) < 4.78 is 1.93. The minimum atomic E-state index is -0.511. The molecule has 5 nitrogen and oxygen atoms in total.